The number of nitrogens with two attached hydrogens (primary N) is 1. The maximum absolute atomic E-state index is 13.7. The van der Waals surface area contributed by atoms with Crippen LogP contribution in [0.1, 0.15) is 89.7 Å². The van der Waals surface area contributed by atoms with Gasteiger partial charge in [0.15, 0.2) is 11.6 Å². The quantitative estimate of drug-likeness (QED) is 0.0569. The van der Waals surface area contributed by atoms with Crippen LogP contribution in [0.3, 0.4) is 0 Å². The van der Waals surface area contributed by atoms with E-state index in [1.165, 1.54) is 37.3 Å². The molecule has 1 heterocycles. The third kappa shape index (κ3) is 16.5. The van der Waals surface area contributed by atoms with Gasteiger partial charge in [-0.3, -0.25) is 42.6 Å². The van der Waals surface area contributed by atoms with Crippen molar-refractivity contribution in [2.24, 2.45) is 17.6 Å². The second kappa shape index (κ2) is 23.7. The Labute approximate surface area is 350 Å². The Kier molecular flexibility index (Phi) is 19.2. The number of anilines is 1. The van der Waals surface area contributed by atoms with Gasteiger partial charge in [-0.1, -0.05) is 44.0 Å². The van der Waals surface area contributed by atoms with E-state index >= 15 is 0 Å². The van der Waals surface area contributed by atoms with Gasteiger partial charge in [0.25, 0.3) is 21.9 Å². The van der Waals surface area contributed by atoms with Crippen LogP contribution in [0.5, 0.6) is 5.75 Å². The minimum absolute atomic E-state index is 0.0180. The van der Waals surface area contributed by atoms with E-state index in [0.717, 1.165) is 22.6 Å². The van der Waals surface area contributed by atoms with Gasteiger partial charge in [0.2, 0.25) is 11.8 Å². The topological polar surface area (TPSA) is 255 Å². The number of amides is 6. The molecule has 2 atom stereocenters. The molecule has 3 rings (SSSR count). The lowest BCUT2D eigenvalue weighted by Crippen LogP contribution is -2.44. The molecule has 60 heavy (non-hydrogen) atoms. The fourth-order valence-corrected chi connectivity index (χ4v) is 7.09. The summed E-state index contributed by atoms with van der Waals surface area (Å²) in [6, 6.07) is 8.89. The predicted molar refractivity (Wildman–Crippen MR) is 220 cm³/mol. The van der Waals surface area contributed by atoms with Crippen molar-refractivity contribution in [2.75, 3.05) is 25.0 Å². The number of unbranched alkanes of at least 4 members (excludes halogenated alkanes) is 2. The first kappa shape index (κ1) is 48.6. The molecular weight excluding hydrogens is 799 g/mol. The van der Waals surface area contributed by atoms with E-state index in [2.05, 4.69) is 16.0 Å². The molecule has 0 bridgehead atoms. The molecule has 0 radical (unpaired) electrons. The maximum Gasteiger partial charge on any atom is 0.312 e. The highest BCUT2D eigenvalue weighted by molar-refractivity contribution is 7.86. The third-order valence-electron chi connectivity index (χ3n) is 9.55. The summed E-state index contributed by atoms with van der Waals surface area (Å²) in [5.74, 6) is -3.67. The Hall–Kier alpha value is -5.75. The van der Waals surface area contributed by atoms with Crippen molar-refractivity contribution in [2.45, 2.75) is 103 Å². The molecule has 1 aliphatic heterocycles. The maximum atomic E-state index is 13.7. The number of Topliss-reactive ketones (excluding diaryl/α,β-unsaturated/α-hetero) is 3. The van der Waals surface area contributed by atoms with Crippen molar-refractivity contribution in [1.82, 2.24) is 15.5 Å². The standard InChI is InChI=1S/C42H55N5O12S/c1-27(2)40(45-29(4)48)36(51)23-30(9-8-21-44-42(43)55)41(54)46-32-15-14-31(25-59-60(56,57)35-16-12-28(3)13-17-35)37(24-32)58-26-34(50)11-7-5-6-10-33(49)20-22-47-38(52)18-19-39(47)53/h12-19,24,27,30,40H,5-11,20-23,25-26H2,1-4H3,(H,45,48)(H,46,54)(H3,43,44,55)/t30-,40+/m1/s1. The number of hydrogen-bond acceptors (Lipinski definition) is 12. The van der Waals surface area contributed by atoms with Crippen LogP contribution in [0.4, 0.5) is 10.5 Å². The minimum atomic E-state index is -4.19. The van der Waals surface area contributed by atoms with E-state index in [0.29, 0.717) is 25.7 Å². The monoisotopic (exact) mass is 853 g/mol. The minimum Gasteiger partial charge on any atom is -0.485 e. The molecule has 5 N–H and O–H groups in total. The second-order valence-corrected chi connectivity index (χ2v) is 16.5. The SMILES string of the molecule is CC(=O)N[C@H](C(=O)C[C@@H](CCCNC(N)=O)C(=O)Nc1ccc(COS(=O)(=O)c2ccc(C)cc2)c(OCC(=O)CCCCCC(=O)CCN2C(=O)C=CC2=O)c1)C(C)C. The molecule has 326 valence electrons. The van der Waals surface area contributed by atoms with Crippen LogP contribution in [0.25, 0.3) is 0 Å². The van der Waals surface area contributed by atoms with E-state index in [9.17, 15) is 46.8 Å². The van der Waals surface area contributed by atoms with Crippen molar-refractivity contribution in [1.29, 1.82) is 0 Å². The van der Waals surface area contributed by atoms with E-state index in [4.69, 9.17) is 14.7 Å². The third-order valence-corrected chi connectivity index (χ3v) is 10.8. The number of rotatable bonds is 27. The summed E-state index contributed by atoms with van der Waals surface area (Å²) in [4.78, 5) is 99.6. The highest BCUT2D eigenvalue weighted by Crippen LogP contribution is 2.28. The summed E-state index contributed by atoms with van der Waals surface area (Å²) < 4.78 is 37.2. The van der Waals surface area contributed by atoms with Gasteiger partial charge in [-0.05, 0) is 56.7 Å². The number of hydrogen-bond donors (Lipinski definition) is 4. The fourth-order valence-electron chi connectivity index (χ4n) is 6.20. The molecule has 0 saturated heterocycles. The van der Waals surface area contributed by atoms with Crippen LogP contribution in [-0.4, -0.2) is 86.1 Å². The van der Waals surface area contributed by atoms with E-state index in [-0.39, 0.29) is 90.4 Å². The van der Waals surface area contributed by atoms with Crippen LogP contribution >= 0.6 is 0 Å². The van der Waals surface area contributed by atoms with Crippen LogP contribution in [0, 0.1) is 18.8 Å². The average molecular weight is 854 g/mol. The van der Waals surface area contributed by atoms with Crippen molar-refractivity contribution in [3.8, 4) is 5.75 Å². The molecule has 0 aromatic heterocycles. The molecule has 2 aromatic rings. The van der Waals surface area contributed by atoms with Crippen LogP contribution in [-0.2, 0) is 54.5 Å². The van der Waals surface area contributed by atoms with Gasteiger partial charge < -0.3 is 26.4 Å². The Morgan fingerprint density at radius 1 is 0.850 bits per heavy atom. The number of imide groups is 1. The predicted octanol–water partition coefficient (Wildman–Crippen LogP) is 3.81. The number of carbonyl (C=O) groups is 8. The Balaban J connectivity index is 1.70. The highest BCUT2D eigenvalue weighted by atomic mass is 32.2. The normalized spacial score (nSPS) is 13.5. The molecule has 1 aliphatic rings. The Morgan fingerprint density at radius 3 is 2.12 bits per heavy atom. The number of benzene rings is 2. The number of aryl methyl sites for hydroxylation is 1. The molecular formula is C42H55N5O12S. The van der Waals surface area contributed by atoms with Gasteiger partial charge in [-0.25, -0.2) is 4.79 Å². The lowest BCUT2D eigenvalue weighted by atomic mass is 9.89. The summed E-state index contributed by atoms with van der Waals surface area (Å²) in [5.41, 5.74) is 6.49. The van der Waals surface area contributed by atoms with E-state index in [1.54, 1.807) is 26.0 Å². The number of ketones is 3. The lowest BCUT2D eigenvalue weighted by molar-refractivity contribution is -0.137. The van der Waals surface area contributed by atoms with Crippen molar-refractivity contribution < 1.29 is 55.7 Å². The fraction of sp³-hybridized carbons (Fsp3) is 0.476. The first-order chi connectivity index (χ1) is 28.4. The van der Waals surface area contributed by atoms with Crippen molar-refractivity contribution >= 4 is 62.8 Å². The van der Waals surface area contributed by atoms with Gasteiger partial charge in [0.05, 0.1) is 17.5 Å². The summed E-state index contributed by atoms with van der Waals surface area (Å²) >= 11 is 0. The molecule has 0 fully saturated rings. The Bertz CT molecular complexity index is 2010. The summed E-state index contributed by atoms with van der Waals surface area (Å²) in [6.07, 6.45) is 4.50. The zero-order valence-corrected chi connectivity index (χ0v) is 35.3. The molecule has 0 saturated carbocycles. The Morgan fingerprint density at radius 2 is 1.50 bits per heavy atom. The second-order valence-electron chi connectivity index (χ2n) is 14.9. The van der Waals surface area contributed by atoms with Crippen LogP contribution in [0.2, 0.25) is 0 Å². The lowest BCUT2D eigenvalue weighted by Gasteiger charge is -2.23. The van der Waals surface area contributed by atoms with Gasteiger partial charge in [0.1, 0.15) is 18.1 Å². The summed E-state index contributed by atoms with van der Waals surface area (Å²) in [5, 5.41) is 7.86. The molecule has 0 unspecified atom stereocenters. The number of ether oxygens (including phenoxy) is 1. The van der Waals surface area contributed by atoms with Crippen LogP contribution < -0.4 is 26.4 Å². The molecule has 0 aliphatic carbocycles. The highest BCUT2D eigenvalue weighted by Gasteiger charge is 2.29. The van der Waals surface area contributed by atoms with E-state index < -0.39 is 65.0 Å². The summed E-state index contributed by atoms with van der Waals surface area (Å²) in [7, 11) is -4.19. The largest absolute Gasteiger partial charge is 0.485 e. The van der Waals surface area contributed by atoms with Gasteiger partial charge in [-0.2, -0.15) is 8.42 Å². The first-order valence-electron chi connectivity index (χ1n) is 19.8. The molecule has 17 nitrogen and oxygen atoms in total. The van der Waals surface area contributed by atoms with Crippen molar-refractivity contribution in [3.63, 3.8) is 0 Å². The van der Waals surface area contributed by atoms with Gasteiger partial charge in [0, 0.05) is 81.1 Å². The average Bonchev–Trinajstić information content (AvgIpc) is 3.51. The molecule has 6 amide bonds. The number of nitrogens with one attached hydrogen (secondary N) is 3. The summed E-state index contributed by atoms with van der Waals surface area (Å²) in [6.45, 7) is 5.94. The zero-order chi connectivity index (χ0) is 44.4. The van der Waals surface area contributed by atoms with Crippen LogP contribution in [0.15, 0.2) is 59.5 Å². The molecule has 18 heteroatoms. The zero-order valence-electron chi connectivity index (χ0n) is 34.5. The first-order valence-corrected chi connectivity index (χ1v) is 21.2. The molecule has 0 spiro atoms. The number of carbonyl (C=O) groups excluding carboxylic acids is 8. The molecule has 2 aromatic carbocycles. The number of primary amides is 1. The number of urea groups is 1. The van der Waals surface area contributed by atoms with Gasteiger partial charge in [-0.15, -0.1) is 0 Å². The number of nitrogens with zero attached hydrogens (tertiary/aromatic N) is 1. The van der Waals surface area contributed by atoms with Crippen molar-refractivity contribution in [3.05, 3.63) is 65.7 Å². The van der Waals surface area contributed by atoms with E-state index in [1.807, 2.05) is 6.92 Å². The smallest absolute Gasteiger partial charge is 0.312 e. The van der Waals surface area contributed by atoms with Gasteiger partial charge >= 0.3 is 6.03 Å².